The van der Waals surface area contributed by atoms with Gasteiger partial charge in [0, 0.05) is 0 Å². The lowest BCUT2D eigenvalue weighted by molar-refractivity contribution is -0.875. The van der Waals surface area contributed by atoms with E-state index in [1.54, 1.807) is 48.8 Å². The second-order valence-corrected chi connectivity index (χ2v) is 8.92. The van der Waals surface area contributed by atoms with E-state index >= 15 is 0 Å². The number of amides is 1. The van der Waals surface area contributed by atoms with Gasteiger partial charge >= 0.3 is 12.1 Å². The lowest BCUT2D eigenvalue weighted by atomic mass is 9.83. The van der Waals surface area contributed by atoms with Crippen LogP contribution in [0, 0.1) is 5.92 Å². The number of nitrogens with one attached hydrogen (secondary N) is 1. The number of alkyl carbamates (subject to hydrolysis) is 1. The number of carboxylic acids is 1. The number of quaternary nitrogens is 1. The van der Waals surface area contributed by atoms with Gasteiger partial charge in [-0.25, -0.2) is 4.79 Å². The molecule has 0 rings (SSSR count). The number of carbonyl (C=O) groups is 3. The number of likely N-dealkylation sites (N-methyl/N-ethyl adjacent to an activating group) is 1. The maximum atomic E-state index is 13.1. The van der Waals surface area contributed by atoms with Gasteiger partial charge in [0.1, 0.15) is 12.1 Å². The van der Waals surface area contributed by atoms with Crippen LogP contribution in [0.5, 0.6) is 0 Å². The smallest absolute Gasteiger partial charge is 0.408 e. The Balaban J connectivity index is 5.70. The second-order valence-electron chi connectivity index (χ2n) is 8.92. The molecular formula is C18H35N2O6+. The Morgan fingerprint density at radius 3 is 2.00 bits per heavy atom. The maximum absolute atomic E-state index is 13.1. The molecule has 0 spiro atoms. The van der Waals surface area contributed by atoms with Gasteiger partial charge in [-0.3, -0.25) is 9.59 Å². The number of nitrogens with zero attached hydrogens (tertiary/aromatic N) is 1. The standard InChI is InChI=1S/C18H34N2O6/c1-9-12(2)14(19-16(24)26-17(3,4)5)15(23)18(25,10-13(21)22)11-20(6,7)8/h12,14,25H,9-11H2,1-8H3,(H-,19,21,22,24)/p+1/t12-,14-,18+/m0/s1. The Kier molecular flexibility index (Phi) is 8.25. The van der Waals surface area contributed by atoms with Crippen LogP contribution in [-0.2, 0) is 14.3 Å². The number of rotatable bonds is 9. The molecule has 0 aliphatic heterocycles. The van der Waals surface area contributed by atoms with Crippen molar-refractivity contribution in [1.82, 2.24) is 5.32 Å². The highest BCUT2D eigenvalue weighted by atomic mass is 16.6. The summed E-state index contributed by atoms with van der Waals surface area (Å²) in [6, 6.07) is -1.05. The molecule has 1 amide bonds. The minimum absolute atomic E-state index is 0.0962. The zero-order chi connectivity index (χ0) is 20.9. The van der Waals surface area contributed by atoms with Crippen LogP contribution in [0.25, 0.3) is 0 Å². The van der Waals surface area contributed by atoms with Crippen LogP contribution in [0.15, 0.2) is 0 Å². The summed E-state index contributed by atoms with van der Waals surface area (Å²) in [5, 5.41) is 22.6. The van der Waals surface area contributed by atoms with Crippen LogP contribution in [0.1, 0.15) is 47.5 Å². The van der Waals surface area contributed by atoms with Crippen LogP contribution >= 0.6 is 0 Å². The molecule has 0 fully saturated rings. The molecule has 26 heavy (non-hydrogen) atoms. The number of aliphatic hydroxyl groups is 1. The zero-order valence-corrected chi connectivity index (χ0v) is 17.3. The van der Waals surface area contributed by atoms with Crippen molar-refractivity contribution in [3.63, 3.8) is 0 Å². The fraction of sp³-hybridized carbons (Fsp3) is 0.833. The van der Waals surface area contributed by atoms with Crippen LogP contribution in [0.2, 0.25) is 0 Å². The Morgan fingerprint density at radius 2 is 1.65 bits per heavy atom. The molecule has 3 atom stereocenters. The number of hydrogen-bond donors (Lipinski definition) is 3. The van der Waals surface area contributed by atoms with Gasteiger partial charge in [0.25, 0.3) is 0 Å². The van der Waals surface area contributed by atoms with Crippen molar-refractivity contribution in [2.75, 3.05) is 27.7 Å². The summed E-state index contributed by atoms with van der Waals surface area (Å²) < 4.78 is 5.39. The van der Waals surface area contributed by atoms with Gasteiger partial charge in [-0.2, -0.15) is 0 Å². The van der Waals surface area contributed by atoms with Gasteiger partial charge in [-0.05, 0) is 26.7 Å². The molecule has 0 saturated carbocycles. The highest BCUT2D eigenvalue weighted by Crippen LogP contribution is 2.22. The average molecular weight is 375 g/mol. The van der Waals surface area contributed by atoms with E-state index in [9.17, 15) is 24.6 Å². The van der Waals surface area contributed by atoms with Gasteiger partial charge in [-0.15, -0.1) is 0 Å². The monoisotopic (exact) mass is 375 g/mol. The second kappa shape index (κ2) is 8.81. The zero-order valence-electron chi connectivity index (χ0n) is 17.3. The van der Waals surface area contributed by atoms with Gasteiger partial charge in [0.2, 0.25) is 0 Å². The van der Waals surface area contributed by atoms with Crippen molar-refractivity contribution < 1.29 is 33.8 Å². The molecule has 8 heteroatoms. The third kappa shape index (κ3) is 8.62. The molecule has 0 heterocycles. The predicted molar refractivity (Wildman–Crippen MR) is 97.7 cm³/mol. The number of ketones is 1. The molecule has 3 N–H and O–H groups in total. The largest absolute Gasteiger partial charge is 0.481 e. The van der Waals surface area contributed by atoms with Gasteiger partial charge in [-0.1, -0.05) is 20.3 Å². The summed E-state index contributed by atoms with van der Waals surface area (Å²) in [5.41, 5.74) is -2.85. The molecule has 0 aromatic carbocycles. The lowest BCUT2D eigenvalue weighted by Crippen LogP contribution is -2.61. The minimum atomic E-state index is -2.10. The van der Waals surface area contributed by atoms with E-state index in [1.807, 2.05) is 6.92 Å². The van der Waals surface area contributed by atoms with Crippen molar-refractivity contribution in [1.29, 1.82) is 0 Å². The Hall–Kier alpha value is -1.67. The summed E-state index contributed by atoms with van der Waals surface area (Å²) in [4.78, 5) is 36.5. The van der Waals surface area contributed by atoms with E-state index in [1.165, 1.54) is 0 Å². The highest BCUT2D eigenvalue weighted by molar-refractivity contribution is 5.96. The van der Waals surface area contributed by atoms with E-state index in [0.29, 0.717) is 6.42 Å². The van der Waals surface area contributed by atoms with E-state index < -0.39 is 41.5 Å². The molecule has 0 aliphatic rings. The summed E-state index contributed by atoms with van der Waals surface area (Å²) in [7, 11) is 5.25. The number of carbonyl (C=O) groups excluding carboxylic acids is 2. The molecule has 152 valence electrons. The molecular weight excluding hydrogens is 340 g/mol. The predicted octanol–water partition coefficient (Wildman–Crippen LogP) is 1.41. The molecule has 0 saturated heterocycles. The molecule has 0 unspecified atom stereocenters. The van der Waals surface area contributed by atoms with Crippen molar-refractivity contribution in [3.05, 3.63) is 0 Å². The Bertz CT molecular complexity index is 521. The molecule has 0 aromatic heterocycles. The van der Waals surface area contributed by atoms with E-state index in [-0.39, 0.29) is 16.9 Å². The van der Waals surface area contributed by atoms with E-state index in [2.05, 4.69) is 5.32 Å². The van der Waals surface area contributed by atoms with E-state index in [4.69, 9.17) is 4.74 Å². The molecule has 0 radical (unpaired) electrons. The summed E-state index contributed by atoms with van der Waals surface area (Å²) in [6.45, 7) is 8.60. The summed E-state index contributed by atoms with van der Waals surface area (Å²) >= 11 is 0. The van der Waals surface area contributed by atoms with Crippen LogP contribution in [0.4, 0.5) is 4.79 Å². The number of Topliss-reactive ketones (excluding diaryl/α,β-unsaturated/α-hetero) is 1. The molecule has 0 bridgehead atoms. The quantitative estimate of drug-likeness (QED) is 0.525. The minimum Gasteiger partial charge on any atom is -0.481 e. The number of ether oxygens (including phenoxy) is 1. The van der Waals surface area contributed by atoms with Crippen LogP contribution in [0.3, 0.4) is 0 Å². The first-order valence-corrected chi connectivity index (χ1v) is 8.79. The normalized spacial score (nSPS) is 17.0. The van der Waals surface area contributed by atoms with Crippen LogP contribution in [-0.4, -0.2) is 77.5 Å². The van der Waals surface area contributed by atoms with Crippen molar-refractivity contribution in [3.8, 4) is 0 Å². The van der Waals surface area contributed by atoms with Gasteiger partial charge < -0.3 is 24.7 Å². The van der Waals surface area contributed by atoms with Gasteiger partial charge in [0.05, 0.1) is 33.6 Å². The Morgan fingerprint density at radius 1 is 1.15 bits per heavy atom. The van der Waals surface area contributed by atoms with Crippen molar-refractivity contribution in [2.24, 2.45) is 5.92 Å². The highest BCUT2D eigenvalue weighted by Gasteiger charge is 2.48. The molecule has 0 aliphatic carbocycles. The number of carboxylic acid groups (broad SMARTS) is 1. The van der Waals surface area contributed by atoms with Crippen molar-refractivity contribution in [2.45, 2.75) is 64.7 Å². The van der Waals surface area contributed by atoms with Crippen molar-refractivity contribution >= 4 is 17.8 Å². The fourth-order valence-electron chi connectivity index (χ4n) is 2.68. The Labute approximate surface area is 156 Å². The average Bonchev–Trinajstić information content (AvgIpc) is 2.38. The maximum Gasteiger partial charge on any atom is 0.408 e. The first-order chi connectivity index (χ1) is 11.5. The SMILES string of the molecule is CC[C@H](C)[C@H](NC(=O)OC(C)(C)C)C(=O)[C@@](O)(CC(=O)O)C[N+](C)(C)C. The first kappa shape index (κ1) is 24.3. The van der Waals surface area contributed by atoms with E-state index in [0.717, 1.165) is 0 Å². The number of hydrogen-bond acceptors (Lipinski definition) is 5. The summed E-state index contributed by atoms with van der Waals surface area (Å²) in [5.74, 6) is -2.30. The lowest BCUT2D eigenvalue weighted by Gasteiger charge is -2.37. The fourth-order valence-corrected chi connectivity index (χ4v) is 2.68. The van der Waals surface area contributed by atoms with Crippen LogP contribution < -0.4 is 5.32 Å². The van der Waals surface area contributed by atoms with Gasteiger partial charge in [0.15, 0.2) is 11.4 Å². The number of aliphatic carboxylic acids is 1. The third-order valence-corrected chi connectivity index (χ3v) is 3.81. The first-order valence-electron chi connectivity index (χ1n) is 8.79. The topological polar surface area (TPSA) is 113 Å². The summed E-state index contributed by atoms with van der Waals surface area (Å²) in [6.07, 6.45) is -0.955. The molecule has 0 aromatic rings. The third-order valence-electron chi connectivity index (χ3n) is 3.81. The molecule has 8 nitrogen and oxygen atoms in total.